The van der Waals surface area contributed by atoms with E-state index in [9.17, 15) is 0 Å². The second-order valence-electron chi connectivity index (χ2n) is 5.93. The third-order valence-electron chi connectivity index (χ3n) is 4.58. The maximum atomic E-state index is 6.40. The monoisotopic (exact) mass is 329 g/mol. The maximum absolute atomic E-state index is 6.40. The molecular weight excluding hydrogens is 305 g/mol. The molecule has 2 nitrogen and oxygen atoms in total. The van der Waals surface area contributed by atoms with Crippen LogP contribution >= 0.6 is 23.2 Å². The van der Waals surface area contributed by atoms with E-state index in [1.54, 1.807) is 7.11 Å². The van der Waals surface area contributed by atoms with Gasteiger partial charge in [0.05, 0.1) is 12.1 Å². The van der Waals surface area contributed by atoms with Gasteiger partial charge in [0.15, 0.2) is 0 Å². The molecule has 1 fully saturated rings. The van der Waals surface area contributed by atoms with E-state index in [1.165, 1.54) is 38.5 Å². The molecule has 21 heavy (non-hydrogen) atoms. The number of ether oxygens (including phenoxy) is 1. The first-order valence-corrected chi connectivity index (χ1v) is 8.61. The van der Waals surface area contributed by atoms with E-state index >= 15 is 0 Å². The summed E-state index contributed by atoms with van der Waals surface area (Å²) < 4.78 is 5.21. The zero-order chi connectivity index (χ0) is 15.2. The van der Waals surface area contributed by atoms with Crippen molar-refractivity contribution < 1.29 is 4.74 Å². The summed E-state index contributed by atoms with van der Waals surface area (Å²) in [5.74, 6) is 1.51. The zero-order valence-corrected chi connectivity index (χ0v) is 14.4. The van der Waals surface area contributed by atoms with E-state index in [4.69, 9.17) is 27.9 Å². The molecule has 1 N–H and O–H groups in total. The van der Waals surface area contributed by atoms with Gasteiger partial charge in [-0.2, -0.15) is 0 Å². The molecule has 0 aliphatic heterocycles. The third kappa shape index (κ3) is 4.51. The van der Waals surface area contributed by atoms with Crippen molar-refractivity contribution in [1.29, 1.82) is 0 Å². The van der Waals surface area contributed by atoms with E-state index < -0.39 is 0 Å². The normalized spacial score (nSPS) is 17.7. The van der Waals surface area contributed by atoms with Crippen molar-refractivity contribution in [3.05, 3.63) is 27.7 Å². The SMILES string of the molecule is CNC(CCC1CCCCC1)c1cc(Cl)c(OC)cc1Cl. The van der Waals surface area contributed by atoms with Gasteiger partial charge in [0.25, 0.3) is 0 Å². The maximum Gasteiger partial charge on any atom is 0.138 e. The van der Waals surface area contributed by atoms with Gasteiger partial charge < -0.3 is 10.1 Å². The van der Waals surface area contributed by atoms with Crippen molar-refractivity contribution in [2.45, 2.75) is 51.0 Å². The Balaban J connectivity index is 2.04. The van der Waals surface area contributed by atoms with Gasteiger partial charge in [-0.1, -0.05) is 55.3 Å². The van der Waals surface area contributed by atoms with Crippen LogP contribution in [0.25, 0.3) is 0 Å². The van der Waals surface area contributed by atoms with Gasteiger partial charge in [0.1, 0.15) is 5.75 Å². The topological polar surface area (TPSA) is 21.3 Å². The van der Waals surface area contributed by atoms with E-state index in [2.05, 4.69) is 5.32 Å². The number of rotatable bonds is 6. The van der Waals surface area contributed by atoms with Crippen LogP contribution in [-0.2, 0) is 0 Å². The van der Waals surface area contributed by atoms with Crippen LogP contribution < -0.4 is 10.1 Å². The number of benzene rings is 1. The quantitative estimate of drug-likeness (QED) is 0.730. The fourth-order valence-corrected chi connectivity index (χ4v) is 3.84. The highest BCUT2D eigenvalue weighted by molar-refractivity contribution is 6.34. The first-order chi connectivity index (χ1) is 10.2. The Morgan fingerprint density at radius 1 is 1.19 bits per heavy atom. The number of hydrogen-bond donors (Lipinski definition) is 1. The van der Waals surface area contributed by atoms with Crippen LogP contribution in [0.3, 0.4) is 0 Å². The van der Waals surface area contributed by atoms with Gasteiger partial charge in [-0.3, -0.25) is 0 Å². The molecule has 0 radical (unpaired) electrons. The lowest BCUT2D eigenvalue weighted by molar-refractivity contribution is 0.317. The molecule has 1 saturated carbocycles. The van der Waals surface area contributed by atoms with Gasteiger partial charge in [0, 0.05) is 17.1 Å². The van der Waals surface area contributed by atoms with Crippen LogP contribution in [0.5, 0.6) is 5.75 Å². The largest absolute Gasteiger partial charge is 0.495 e. The number of hydrogen-bond acceptors (Lipinski definition) is 2. The summed E-state index contributed by atoms with van der Waals surface area (Å²) >= 11 is 12.6. The van der Waals surface area contributed by atoms with E-state index in [0.29, 0.717) is 10.8 Å². The van der Waals surface area contributed by atoms with Crippen LogP contribution in [0.2, 0.25) is 10.0 Å². The van der Waals surface area contributed by atoms with Crippen molar-refractivity contribution in [2.75, 3.05) is 14.2 Å². The molecule has 0 bridgehead atoms. The number of nitrogens with one attached hydrogen (secondary N) is 1. The molecular formula is C17H25Cl2NO. The van der Waals surface area contributed by atoms with Gasteiger partial charge in [-0.25, -0.2) is 0 Å². The van der Waals surface area contributed by atoms with Crippen molar-refractivity contribution in [1.82, 2.24) is 5.32 Å². The standard InChI is InChI=1S/C17H25Cl2NO/c1-20-16(9-8-12-6-4-3-5-7-12)13-10-15(19)17(21-2)11-14(13)18/h10-12,16,20H,3-9H2,1-2H3. The minimum Gasteiger partial charge on any atom is -0.495 e. The van der Waals surface area contributed by atoms with Crippen LogP contribution in [0, 0.1) is 5.92 Å². The fourth-order valence-electron chi connectivity index (χ4n) is 3.30. The summed E-state index contributed by atoms with van der Waals surface area (Å²) in [5, 5.41) is 4.72. The van der Waals surface area contributed by atoms with Crippen LogP contribution in [0.1, 0.15) is 56.6 Å². The minimum absolute atomic E-state index is 0.253. The lowest BCUT2D eigenvalue weighted by atomic mass is 9.84. The highest BCUT2D eigenvalue weighted by Gasteiger charge is 2.19. The zero-order valence-electron chi connectivity index (χ0n) is 12.9. The molecule has 1 atom stereocenters. The molecule has 1 aliphatic carbocycles. The fraction of sp³-hybridized carbons (Fsp3) is 0.647. The molecule has 0 saturated heterocycles. The summed E-state index contributed by atoms with van der Waals surface area (Å²) in [4.78, 5) is 0. The highest BCUT2D eigenvalue weighted by atomic mass is 35.5. The van der Waals surface area contributed by atoms with Crippen molar-refractivity contribution >= 4 is 23.2 Å². The van der Waals surface area contributed by atoms with Crippen LogP contribution in [-0.4, -0.2) is 14.2 Å². The van der Waals surface area contributed by atoms with E-state index in [-0.39, 0.29) is 6.04 Å². The van der Waals surface area contributed by atoms with Gasteiger partial charge in [-0.05, 0) is 37.4 Å². The Morgan fingerprint density at radius 2 is 1.90 bits per heavy atom. The first kappa shape index (κ1) is 16.9. The molecule has 0 amide bonds. The number of halogens is 2. The lowest BCUT2D eigenvalue weighted by Gasteiger charge is -2.25. The summed E-state index contributed by atoms with van der Waals surface area (Å²) in [6, 6.07) is 4.00. The van der Waals surface area contributed by atoms with Crippen LogP contribution in [0.15, 0.2) is 12.1 Å². The summed E-state index contributed by atoms with van der Waals surface area (Å²) in [6.07, 6.45) is 9.32. The molecule has 0 aromatic heterocycles. The van der Waals surface area contributed by atoms with Gasteiger partial charge >= 0.3 is 0 Å². The Hall–Kier alpha value is -0.440. The predicted molar refractivity (Wildman–Crippen MR) is 90.6 cm³/mol. The third-order valence-corrected chi connectivity index (χ3v) is 5.21. The Kier molecular flexibility index (Phi) is 6.66. The summed E-state index contributed by atoms with van der Waals surface area (Å²) in [7, 11) is 3.59. The number of methoxy groups -OCH3 is 1. The predicted octanol–water partition coefficient (Wildman–Crippen LogP) is 5.62. The molecule has 1 unspecified atom stereocenters. The van der Waals surface area contributed by atoms with Gasteiger partial charge in [-0.15, -0.1) is 0 Å². The van der Waals surface area contributed by atoms with Crippen molar-refractivity contribution in [3.8, 4) is 5.75 Å². The molecule has 0 spiro atoms. The van der Waals surface area contributed by atoms with Crippen LogP contribution in [0.4, 0.5) is 0 Å². The molecule has 0 heterocycles. The molecule has 4 heteroatoms. The smallest absolute Gasteiger partial charge is 0.138 e. The van der Waals surface area contributed by atoms with Gasteiger partial charge in [0.2, 0.25) is 0 Å². The second-order valence-corrected chi connectivity index (χ2v) is 6.75. The second kappa shape index (κ2) is 8.26. The Labute approximate surface area is 138 Å². The molecule has 1 aromatic rings. The minimum atomic E-state index is 0.253. The molecule has 1 aliphatic rings. The average molecular weight is 330 g/mol. The lowest BCUT2D eigenvalue weighted by Crippen LogP contribution is -2.19. The summed E-state index contributed by atoms with van der Waals surface area (Å²) in [6.45, 7) is 0. The Morgan fingerprint density at radius 3 is 2.52 bits per heavy atom. The summed E-state index contributed by atoms with van der Waals surface area (Å²) in [5.41, 5.74) is 1.07. The van der Waals surface area contributed by atoms with Crippen molar-refractivity contribution in [3.63, 3.8) is 0 Å². The Bertz CT molecular complexity index is 458. The molecule has 1 aromatic carbocycles. The van der Waals surface area contributed by atoms with Crippen molar-refractivity contribution in [2.24, 2.45) is 5.92 Å². The highest BCUT2D eigenvalue weighted by Crippen LogP contribution is 2.36. The van der Waals surface area contributed by atoms with E-state index in [0.717, 1.165) is 22.9 Å². The van der Waals surface area contributed by atoms with E-state index in [1.807, 2.05) is 19.2 Å². The molecule has 2 rings (SSSR count). The average Bonchev–Trinajstić information content (AvgIpc) is 2.51. The molecule has 118 valence electrons. The first-order valence-electron chi connectivity index (χ1n) is 7.86.